The van der Waals surface area contributed by atoms with Crippen LogP contribution in [-0.4, -0.2) is 37.3 Å². The number of hydrogen-bond acceptors (Lipinski definition) is 3. The molecule has 0 radical (unpaired) electrons. The average molecular weight is 234 g/mol. The van der Waals surface area contributed by atoms with Crippen LogP contribution in [0.1, 0.15) is 28.3 Å². The maximum absolute atomic E-state index is 11.6. The standard InChI is InChI=1S/C13H18N2O2/c16-8-7-15-13(17)11-3-1-10(2-4-11)12-5-6-14-9-12/h1-4,12,14,16H,5-9H2,(H,15,17)/t12-/m0/s1. The van der Waals surface area contributed by atoms with Gasteiger partial charge in [0.2, 0.25) is 0 Å². The van der Waals surface area contributed by atoms with Gasteiger partial charge in [0.05, 0.1) is 6.61 Å². The van der Waals surface area contributed by atoms with Crippen LogP contribution in [0, 0.1) is 0 Å². The smallest absolute Gasteiger partial charge is 0.251 e. The SMILES string of the molecule is O=C(NCCO)c1ccc([C@H]2CCNC2)cc1. The van der Waals surface area contributed by atoms with Crippen LogP contribution in [0.4, 0.5) is 0 Å². The number of rotatable bonds is 4. The molecule has 0 aliphatic carbocycles. The largest absolute Gasteiger partial charge is 0.395 e. The molecule has 1 aromatic carbocycles. The summed E-state index contributed by atoms with van der Waals surface area (Å²) in [7, 11) is 0. The number of carbonyl (C=O) groups is 1. The summed E-state index contributed by atoms with van der Waals surface area (Å²) in [5.74, 6) is 0.444. The van der Waals surface area contributed by atoms with Crippen LogP contribution >= 0.6 is 0 Å². The Labute approximate surface area is 101 Å². The van der Waals surface area contributed by atoms with E-state index in [0.717, 1.165) is 19.5 Å². The molecule has 4 heteroatoms. The fourth-order valence-corrected chi connectivity index (χ4v) is 2.12. The van der Waals surface area contributed by atoms with Crippen LogP contribution in [0.5, 0.6) is 0 Å². The van der Waals surface area contributed by atoms with Gasteiger partial charge in [-0.1, -0.05) is 12.1 Å². The normalized spacial score (nSPS) is 19.2. The molecule has 17 heavy (non-hydrogen) atoms. The molecule has 1 saturated heterocycles. The van der Waals surface area contributed by atoms with E-state index in [1.807, 2.05) is 24.3 Å². The molecule has 0 bridgehead atoms. The molecule has 1 atom stereocenters. The zero-order valence-corrected chi connectivity index (χ0v) is 9.78. The minimum atomic E-state index is -0.129. The number of carbonyl (C=O) groups excluding carboxylic acids is 1. The van der Waals surface area contributed by atoms with Crippen molar-refractivity contribution in [1.82, 2.24) is 10.6 Å². The Morgan fingerprint density at radius 1 is 1.41 bits per heavy atom. The van der Waals surface area contributed by atoms with E-state index in [1.165, 1.54) is 5.56 Å². The topological polar surface area (TPSA) is 61.4 Å². The Morgan fingerprint density at radius 2 is 2.18 bits per heavy atom. The lowest BCUT2D eigenvalue weighted by Gasteiger charge is -2.09. The third kappa shape index (κ3) is 3.05. The number of amides is 1. The lowest BCUT2D eigenvalue weighted by molar-refractivity contribution is 0.0945. The Balaban J connectivity index is 1.99. The molecule has 1 amide bonds. The molecule has 1 aromatic rings. The van der Waals surface area contributed by atoms with E-state index in [4.69, 9.17) is 5.11 Å². The molecule has 1 fully saturated rings. The number of hydrogen-bond donors (Lipinski definition) is 3. The molecule has 0 unspecified atom stereocenters. The highest BCUT2D eigenvalue weighted by Gasteiger charge is 2.16. The van der Waals surface area contributed by atoms with Gasteiger partial charge in [0.15, 0.2) is 0 Å². The monoisotopic (exact) mass is 234 g/mol. The van der Waals surface area contributed by atoms with Crippen LogP contribution in [0.3, 0.4) is 0 Å². The molecule has 92 valence electrons. The molecule has 1 heterocycles. The lowest BCUT2D eigenvalue weighted by atomic mass is 9.97. The van der Waals surface area contributed by atoms with Crippen LogP contribution < -0.4 is 10.6 Å². The number of aliphatic hydroxyl groups is 1. The maximum atomic E-state index is 11.6. The molecule has 0 saturated carbocycles. The Bertz CT molecular complexity index is 370. The molecule has 0 spiro atoms. The molecule has 0 aromatic heterocycles. The predicted octanol–water partition coefficient (Wildman–Crippen LogP) is 0.486. The van der Waals surface area contributed by atoms with Crippen molar-refractivity contribution in [2.45, 2.75) is 12.3 Å². The van der Waals surface area contributed by atoms with E-state index in [2.05, 4.69) is 10.6 Å². The van der Waals surface area contributed by atoms with E-state index in [1.54, 1.807) is 0 Å². The highest BCUT2D eigenvalue weighted by Crippen LogP contribution is 2.22. The van der Waals surface area contributed by atoms with Crippen LogP contribution in [0.15, 0.2) is 24.3 Å². The highest BCUT2D eigenvalue weighted by atomic mass is 16.3. The van der Waals surface area contributed by atoms with E-state index in [-0.39, 0.29) is 12.5 Å². The van der Waals surface area contributed by atoms with Gasteiger partial charge in [0.1, 0.15) is 0 Å². The van der Waals surface area contributed by atoms with Crippen LogP contribution in [0.2, 0.25) is 0 Å². The average Bonchev–Trinajstić information content (AvgIpc) is 2.90. The third-order valence-corrected chi connectivity index (χ3v) is 3.10. The third-order valence-electron chi connectivity index (χ3n) is 3.10. The number of nitrogens with one attached hydrogen (secondary N) is 2. The van der Waals surface area contributed by atoms with Crippen molar-refractivity contribution in [3.05, 3.63) is 35.4 Å². The van der Waals surface area contributed by atoms with Crippen molar-refractivity contribution in [2.24, 2.45) is 0 Å². The van der Waals surface area contributed by atoms with Gasteiger partial charge in [-0.15, -0.1) is 0 Å². The second-order valence-corrected chi connectivity index (χ2v) is 4.29. The van der Waals surface area contributed by atoms with Crippen molar-refractivity contribution in [3.8, 4) is 0 Å². The van der Waals surface area contributed by atoms with Gasteiger partial charge < -0.3 is 15.7 Å². The molecular formula is C13H18N2O2. The van der Waals surface area contributed by atoms with Crippen LogP contribution in [0.25, 0.3) is 0 Å². The van der Waals surface area contributed by atoms with Crippen molar-refractivity contribution in [2.75, 3.05) is 26.2 Å². The first-order valence-corrected chi connectivity index (χ1v) is 6.01. The first-order valence-electron chi connectivity index (χ1n) is 6.01. The molecule has 3 N–H and O–H groups in total. The fraction of sp³-hybridized carbons (Fsp3) is 0.462. The Morgan fingerprint density at radius 3 is 2.76 bits per heavy atom. The quantitative estimate of drug-likeness (QED) is 0.710. The first-order chi connectivity index (χ1) is 8.31. The maximum Gasteiger partial charge on any atom is 0.251 e. The summed E-state index contributed by atoms with van der Waals surface area (Å²) in [4.78, 5) is 11.6. The van der Waals surface area contributed by atoms with Crippen molar-refractivity contribution in [1.29, 1.82) is 0 Å². The molecule has 1 aliphatic heterocycles. The second kappa shape index (κ2) is 5.80. The minimum absolute atomic E-state index is 0.0302. The number of aliphatic hydroxyl groups excluding tert-OH is 1. The van der Waals surface area contributed by atoms with E-state index in [9.17, 15) is 4.79 Å². The van der Waals surface area contributed by atoms with Crippen molar-refractivity contribution in [3.63, 3.8) is 0 Å². The van der Waals surface area contributed by atoms with Gasteiger partial charge in [0.25, 0.3) is 5.91 Å². The first kappa shape index (κ1) is 12.1. The summed E-state index contributed by atoms with van der Waals surface area (Å²) >= 11 is 0. The Kier molecular flexibility index (Phi) is 4.12. The summed E-state index contributed by atoms with van der Waals surface area (Å²) in [6.07, 6.45) is 1.16. The predicted molar refractivity (Wildman–Crippen MR) is 66.1 cm³/mol. The minimum Gasteiger partial charge on any atom is -0.395 e. The number of benzene rings is 1. The van der Waals surface area contributed by atoms with Gasteiger partial charge in [-0.3, -0.25) is 4.79 Å². The molecule has 2 rings (SSSR count). The summed E-state index contributed by atoms with van der Waals surface area (Å²) in [5.41, 5.74) is 1.93. The summed E-state index contributed by atoms with van der Waals surface area (Å²) in [6, 6.07) is 7.73. The highest BCUT2D eigenvalue weighted by molar-refractivity contribution is 5.94. The van der Waals surface area contributed by atoms with Gasteiger partial charge in [0, 0.05) is 18.7 Å². The summed E-state index contributed by atoms with van der Waals surface area (Å²) in [5, 5.41) is 14.6. The van der Waals surface area contributed by atoms with E-state index >= 15 is 0 Å². The summed E-state index contributed by atoms with van der Waals surface area (Å²) in [6.45, 7) is 2.37. The van der Waals surface area contributed by atoms with Gasteiger partial charge in [-0.05, 0) is 36.6 Å². The van der Waals surface area contributed by atoms with Crippen LogP contribution in [-0.2, 0) is 0 Å². The molecule has 4 nitrogen and oxygen atoms in total. The van der Waals surface area contributed by atoms with Gasteiger partial charge >= 0.3 is 0 Å². The summed E-state index contributed by atoms with van der Waals surface area (Å²) < 4.78 is 0. The second-order valence-electron chi connectivity index (χ2n) is 4.29. The fourth-order valence-electron chi connectivity index (χ4n) is 2.12. The zero-order valence-electron chi connectivity index (χ0n) is 9.78. The van der Waals surface area contributed by atoms with Gasteiger partial charge in [-0.25, -0.2) is 0 Å². The van der Waals surface area contributed by atoms with Crippen molar-refractivity contribution >= 4 is 5.91 Å². The van der Waals surface area contributed by atoms with Crippen molar-refractivity contribution < 1.29 is 9.90 Å². The molecular weight excluding hydrogens is 216 g/mol. The van der Waals surface area contributed by atoms with E-state index < -0.39 is 0 Å². The van der Waals surface area contributed by atoms with E-state index in [0.29, 0.717) is 18.0 Å². The molecule has 1 aliphatic rings. The zero-order chi connectivity index (χ0) is 12.1. The lowest BCUT2D eigenvalue weighted by Crippen LogP contribution is -2.26. The van der Waals surface area contributed by atoms with Gasteiger partial charge in [-0.2, -0.15) is 0 Å². The Hall–Kier alpha value is -1.39.